The van der Waals surface area contributed by atoms with Crippen molar-refractivity contribution in [3.05, 3.63) is 60.4 Å². The second kappa shape index (κ2) is 8.02. The predicted octanol–water partition coefficient (Wildman–Crippen LogP) is 3.25. The first-order chi connectivity index (χ1) is 11.3. The Bertz CT molecular complexity index is 666. The molecule has 0 bridgehead atoms. The first-order valence-electron chi connectivity index (χ1n) is 7.93. The van der Waals surface area contributed by atoms with E-state index in [1.165, 1.54) is 17.3 Å². The van der Waals surface area contributed by atoms with Crippen LogP contribution in [-0.2, 0) is 11.3 Å². The van der Waals surface area contributed by atoms with Crippen LogP contribution in [0.5, 0.6) is 0 Å². The van der Waals surface area contributed by atoms with Gasteiger partial charge in [-0.05, 0) is 24.8 Å². The number of nitrogens with one attached hydrogen (secondary N) is 1. The van der Waals surface area contributed by atoms with Crippen LogP contribution in [0, 0.1) is 0 Å². The van der Waals surface area contributed by atoms with Crippen molar-refractivity contribution in [2.75, 3.05) is 5.75 Å². The Morgan fingerprint density at radius 3 is 2.96 bits per heavy atom. The number of hydrogen-bond donors (Lipinski definition) is 1. The SMILES string of the molecule is O=C(CSc1nccn1Cc1ccccc1)NC1CC=CCC1. The molecule has 1 aliphatic carbocycles. The van der Waals surface area contributed by atoms with E-state index in [0.29, 0.717) is 5.75 Å². The van der Waals surface area contributed by atoms with Crippen molar-refractivity contribution in [2.24, 2.45) is 0 Å². The van der Waals surface area contributed by atoms with E-state index < -0.39 is 0 Å². The number of thioether (sulfide) groups is 1. The Morgan fingerprint density at radius 1 is 1.30 bits per heavy atom. The molecule has 4 nitrogen and oxygen atoms in total. The van der Waals surface area contributed by atoms with Crippen molar-refractivity contribution >= 4 is 17.7 Å². The summed E-state index contributed by atoms with van der Waals surface area (Å²) < 4.78 is 2.08. The van der Waals surface area contributed by atoms with Gasteiger partial charge in [0.15, 0.2) is 5.16 Å². The summed E-state index contributed by atoms with van der Waals surface area (Å²) in [6, 6.07) is 10.6. The molecule has 1 aromatic carbocycles. The zero-order valence-electron chi connectivity index (χ0n) is 13.0. The zero-order chi connectivity index (χ0) is 15.9. The highest BCUT2D eigenvalue weighted by molar-refractivity contribution is 7.99. The number of amides is 1. The van der Waals surface area contributed by atoms with Gasteiger partial charge in [-0.15, -0.1) is 0 Å². The van der Waals surface area contributed by atoms with Gasteiger partial charge in [0.25, 0.3) is 0 Å². The van der Waals surface area contributed by atoms with Gasteiger partial charge in [-0.1, -0.05) is 54.2 Å². The summed E-state index contributed by atoms with van der Waals surface area (Å²) in [6.45, 7) is 0.776. The molecule has 1 amide bonds. The van der Waals surface area contributed by atoms with Gasteiger partial charge >= 0.3 is 0 Å². The molecule has 2 aromatic rings. The molecule has 5 heteroatoms. The van der Waals surface area contributed by atoms with Crippen LogP contribution < -0.4 is 5.32 Å². The zero-order valence-corrected chi connectivity index (χ0v) is 13.8. The van der Waals surface area contributed by atoms with Crippen LogP contribution in [0.2, 0.25) is 0 Å². The van der Waals surface area contributed by atoms with Crippen LogP contribution in [0.3, 0.4) is 0 Å². The lowest BCUT2D eigenvalue weighted by molar-refractivity contribution is -0.119. The molecule has 1 atom stereocenters. The van der Waals surface area contributed by atoms with Crippen LogP contribution in [-0.4, -0.2) is 27.3 Å². The van der Waals surface area contributed by atoms with Gasteiger partial charge in [0.2, 0.25) is 5.91 Å². The summed E-state index contributed by atoms with van der Waals surface area (Å²) in [6.07, 6.45) is 11.1. The first-order valence-corrected chi connectivity index (χ1v) is 8.92. The van der Waals surface area contributed by atoms with Gasteiger partial charge in [0, 0.05) is 25.0 Å². The van der Waals surface area contributed by atoms with Gasteiger partial charge in [-0.2, -0.15) is 0 Å². The summed E-state index contributed by atoms with van der Waals surface area (Å²) in [5, 5.41) is 3.98. The number of allylic oxidation sites excluding steroid dienone is 1. The van der Waals surface area contributed by atoms with Gasteiger partial charge in [-0.25, -0.2) is 4.98 Å². The molecule has 0 aliphatic heterocycles. The standard InChI is InChI=1S/C18H21N3OS/c22-17(20-16-9-5-2-6-10-16)14-23-18-19-11-12-21(18)13-15-7-3-1-4-8-15/h1-5,7-8,11-12,16H,6,9-10,13-14H2,(H,20,22). The Kier molecular flexibility index (Phi) is 5.53. The van der Waals surface area contributed by atoms with Crippen molar-refractivity contribution in [2.45, 2.75) is 37.0 Å². The van der Waals surface area contributed by atoms with Crippen molar-refractivity contribution in [3.63, 3.8) is 0 Å². The van der Waals surface area contributed by atoms with Gasteiger partial charge in [0.1, 0.15) is 0 Å². The second-order valence-corrected chi connectivity index (χ2v) is 6.60. The minimum Gasteiger partial charge on any atom is -0.352 e. The average Bonchev–Trinajstić information content (AvgIpc) is 3.02. The number of rotatable bonds is 6. The van der Waals surface area contributed by atoms with E-state index in [1.54, 1.807) is 6.20 Å². The van der Waals surface area contributed by atoms with Gasteiger partial charge in [-0.3, -0.25) is 4.79 Å². The Morgan fingerprint density at radius 2 is 2.17 bits per heavy atom. The minimum atomic E-state index is 0.0876. The third-order valence-corrected chi connectivity index (χ3v) is 4.84. The molecule has 0 fully saturated rings. The third kappa shape index (κ3) is 4.73. The Hall–Kier alpha value is -2.01. The summed E-state index contributed by atoms with van der Waals surface area (Å²) in [5.41, 5.74) is 1.23. The lowest BCUT2D eigenvalue weighted by atomic mass is 10.0. The smallest absolute Gasteiger partial charge is 0.230 e. The fraction of sp³-hybridized carbons (Fsp3) is 0.333. The van der Waals surface area contributed by atoms with Crippen LogP contribution >= 0.6 is 11.8 Å². The molecule has 0 spiro atoms. The Balaban J connectivity index is 1.51. The second-order valence-electron chi connectivity index (χ2n) is 5.66. The third-order valence-electron chi connectivity index (χ3n) is 3.84. The van der Waals surface area contributed by atoms with Crippen molar-refractivity contribution in [3.8, 4) is 0 Å². The number of carbonyl (C=O) groups excluding carboxylic acids is 1. The van der Waals surface area contributed by atoms with E-state index in [0.717, 1.165) is 31.0 Å². The summed E-state index contributed by atoms with van der Waals surface area (Å²) in [7, 11) is 0. The maximum absolute atomic E-state index is 12.1. The molecule has 1 aliphatic rings. The molecule has 1 N–H and O–H groups in total. The van der Waals surface area contributed by atoms with Crippen LogP contribution in [0.1, 0.15) is 24.8 Å². The minimum absolute atomic E-state index is 0.0876. The molecule has 0 saturated carbocycles. The normalized spacial score (nSPS) is 17.1. The predicted molar refractivity (Wildman–Crippen MR) is 93.4 cm³/mol. The number of carbonyl (C=O) groups is 1. The number of imidazole rings is 1. The molecule has 0 saturated heterocycles. The molecular weight excluding hydrogens is 306 g/mol. The van der Waals surface area contributed by atoms with E-state index in [9.17, 15) is 4.79 Å². The number of nitrogens with zero attached hydrogens (tertiary/aromatic N) is 2. The lowest BCUT2D eigenvalue weighted by Gasteiger charge is -2.19. The molecule has 3 rings (SSSR count). The molecular formula is C18H21N3OS. The maximum Gasteiger partial charge on any atom is 0.230 e. The quantitative estimate of drug-likeness (QED) is 0.654. The summed E-state index contributed by atoms with van der Waals surface area (Å²) in [5.74, 6) is 0.496. The molecule has 1 heterocycles. The molecule has 1 aromatic heterocycles. The largest absolute Gasteiger partial charge is 0.352 e. The maximum atomic E-state index is 12.1. The highest BCUT2D eigenvalue weighted by atomic mass is 32.2. The summed E-state index contributed by atoms with van der Waals surface area (Å²) in [4.78, 5) is 16.4. The van der Waals surface area contributed by atoms with Crippen molar-refractivity contribution in [1.82, 2.24) is 14.9 Å². The fourth-order valence-corrected chi connectivity index (χ4v) is 3.43. The van der Waals surface area contributed by atoms with Crippen molar-refractivity contribution < 1.29 is 4.79 Å². The molecule has 120 valence electrons. The first kappa shape index (κ1) is 15.9. The van der Waals surface area contributed by atoms with E-state index in [4.69, 9.17) is 0 Å². The highest BCUT2D eigenvalue weighted by Gasteiger charge is 2.14. The number of hydrogen-bond acceptors (Lipinski definition) is 3. The van der Waals surface area contributed by atoms with Gasteiger partial charge < -0.3 is 9.88 Å². The average molecular weight is 327 g/mol. The summed E-state index contributed by atoms with van der Waals surface area (Å²) >= 11 is 1.49. The van der Waals surface area contributed by atoms with Crippen LogP contribution in [0.4, 0.5) is 0 Å². The fourth-order valence-electron chi connectivity index (χ4n) is 2.66. The van der Waals surface area contributed by atoms with E-state index in [1.807, 2.05) is 24.4 Å². The van der Waals surface area contributed by atoms with Crippen LogP contribution in [0.15, 0.2) is 60.0 Å². The van der Waals surface area contributed by atoms with E-state index >= 15 is 0 Å². The monoisotopic (exact) mass is 327 g/mol. The molecule has 1 unspecified atom stereocenters. The highest BCUT2D eigenvalue weighted by Crippen LogP contribution is 2.18. The molecule has 0 radical (unpaired) electrons. The van der Waals surface area contributed by atoms with Crippen molar-refractivity contribution in [1.29, 1.82) is 0 Å². The lowest BCUT2D eigenvalue weighted by Crippen LogP contribution is -2.36. The molecule has 23 heavy (non-hydrogen) atoms. The van der Waals surface area contributed by atoms with Crippen LogP contribution in [0.25, 0.3) is 0 Å². The Labute approximate surface area is 141 Å². The number of benzene rings is 1. The van der Waals surface area contributed by atoms with Gasteiger partial charge in [0.05, 0.1) is 5.75 Å². The topological polar surface area (TPSA) is 46.9 Å². The van der Waals surface area contributed by atoms with E-state index in [2.05, 4.69) is 39.2 Å². The van der Waals surface area contributed by atoms with E-state index in [-0.39, 0.29) is 11.9 Å². The number of aromatic nitrogens is 2.